The van der Waals surface area contributed by atoms with E-state index in [1.54, 1.807) is 6.07 Å². The van der Waals surface area contributed by atoms with Gasteiger partial charge in [-0.15, -0.1) is 0 Å². The Morgan fingerprint density at radius 3 is 2.33 bits per heavy atom. The molecule has 0 aliphatic rings. The van der Waals surface area contributed by atoms with Gasteiger partial charge in [0.2, 0.25) is 5.88 Å². The fourth-order valence-electron chi connectivity index (χ4n) is 1.19. The average Bonchev–Trinajstić information content (AvgIpc) is 2.15. The van der Waals surface area contributed by atoms with Crippen molar-refractivity contribution in [3.05, 3.63) is 17.8 Å². The largest absolute Gasteiger partial charge is 0.480 e. The zero-order valence-corrected chi connectivity index (χ0v) is 10.1. The summed E-state index contributed by atoms with van der Waals surface area (Å²) in [6.07, 6.45) is 1.14. The first-order valence-corrected chi connectivity index (χ1v) is 6.50. The highest BCUT2D eigenvalue weighted by molar-refractivity contribution is 7.90. The Kier molecular flexibility index (Phi) is 3.34. The molecule has 0 aliphatic carbocycles. The first-order valence-electron chi connectivity index (χ1n) is 4.61. The maximum Gasteiger partial charge on any atom is 0.232 e. The van der Waals surface area contributed by atoms with Crippen LogP contribution >= 0.6 is 0 Å². The molecule has 0 amide bonds. The quantitative estimate of drug-likeness (QED) is 0.790. The predicted molar refractivity (Wildman–Crippen MR) is 58.0 cm³/mol. The summed E-state index contributed by atoms with van der Waals surface area (Å²) in [5.41, 5.74) is 0.819. The zero-order chi connectivity index (χ0) is 11.6. The molecule has 0 fully saturated rings. The maximum atomic E-state index is 11.4. The van der Waals surface area contributed by atoms with Gasteiger partial charge in [-0.3, -0.25) is 0 Å². The standard InChI is InChI=1S/C10H15NO3S/c1-7(2)8-5-6-9(15(4,12)13)10(11-8)14-3/h5-7H,1-4H3. The van der Waals surface area contributed by atoms with Crippen LogP contribution in [0.5, 0.6) is 5.88 Å². The lowest BCUT2D eigenvalue weighted by atomic mass is 10.1. The normalized spacial score (nSPS) is 11.8. The van der Waals surface area contributed by atoms with Crippen molar-refractivity contribution in [2.24, 2.45) is 0 Å². The fourth-order valence-corrected chi connectivity index (χ4v) is 1.95. The lowest BCUT2D eigenvalue weighted by Gasteiger charge is -2.09. The third kappa shape index (κ3) is 2.68. The molecule has 5 heteroatoms. The van der Waals surface area contributed by atoms with Crippen LogP contribution in [0.1, 0.15) is 25.5 Å². The fraction of sp³-hybridized carbons (Fsp3) is 0.500. The summed E-state index contributed by atoms with van der Waals surface area (Å²) in [6.45, 7) is 3.98. The molecule has 0 bridgehead atoms. The molecule has 0 aromatic carbocycles. The predicted octanol–water partition coefficient (Wildman–Crippen LogP) is 1.62. The average molecular weight is 229 g/mol. The summed E-state index contributed by atoms with van der Waals surface area (Å²) in [4.78, 5) is 4.29. The van der Waals surface area contributed by atoms with Gasteiger partial charge in [0, 0.05) is 11.9 Å². The molecule has 0 aliphatic heterocycles. The second-order valence-corrected chi connectivity index (χ2v) is 5.65. The first-order chi connectivity index (χ1) is 6.86. The number of sulfone groups is 1. The van der Waals surface area contributed by atoms with Crippen LogP contribution < -0.4 is 4.74 Å². The van der Waals surface area contributed by atoms with Crippen LogP contribution in [0.25, 0.3) is 0 Å². The molecule has 1 rings (SSSR count). The molecule has 1 aromatic rings. The zero-order valence-electron chi connectivity index (χ0n) is 9.31. The number of pyridine rings is 1. The minimum Gasteiger partial charge on any atom is -0.480 e. The van der Waals surface area contributed by atoms with Crippen LogP contribution in [0.3, 0.4) is 0 Å². The summed E-state index contributed by atoms with van der Waals surface area (Å²) in [7, 11) is -1.86. The molecule has 0 spiro atoms. The molecule has 0 unspecified atom stereocenters. The molecule has 1 aromatic heterocycles. The van der Waals surface area contributed by atoms with Crippen molar-refractivity contribution in [1.82, 2.24) is 4.98 Å². The van der Waals surface area contributed by atoms with Crippen LogP contribution in [0.2, 0.25) is 0 Å². The smallest absolute Gasteiger partial charge is 0.232 e. The Hall–Kier alpha value is -1.10. The molecule has 0 atom stereocenters. The molecule has 0 saturated heterocycles. The molecular formula is C10H15NO3S. The van der Waals surface area contributed by atoms with Crippen molar-refractivity contribution in [1.29, 1.82) is 0 Å². The van der Waals surface area contributed by atoms with Gasteiger partial charge in [0.15, 0.2) is 9.84 Å². The van der Waals surface area contributed by atoms with E-state index < -0.39 is 9.84 Å². The maximum absolute atomic E-state index is 11.4. The van der Waals surface area contributed by atoms with E-state index in [2.05, 4.69) is 4.98 Å². The molecule has 0 saturated carbocycles. The van der Waals surface area contributed by atoms with Gasteiger partial charge in [0.25, 0.3) is 0 Å². The third-order valence-electron chi connectivity index (χ3n) is 2.03. The van der Waals surface area contributed by atoms with E-state index in [0.29, 0.717) is 0 Å². The van der Waals surface area contributed by atoms with Gasteiger partial charge in [-0.1, -0.05) is 13.8 Å². The number of hydrogen-bond acceptors (Lipinski definition) is 4. The van der Waals surface area contributed by atoms with Gasteiger partial charge in [-0.2, -0.15) is 0 Å². The van der Waals surface area contributed by atoms with E-state index in [0.717, 1.165) is 11.9 Å². The van der Waals surface area contributed by atoms with Crippen LogP contribution in [0.4, 0.5) is 0 Å². The molecule has 84 valence electrons. The Bertz CT molecular complexity index is 452. The molecule has 15 heavy (non-hydrogen) atoms. The highest BCUT2D eigenvalue weighted by Gasteiger charge is 2.16. The number of aromatic nitrogens is 1. The van der Waals surface area contributed by atoms with Crippen LogP contribution in [0.15, 0.2) is 17.0 Å². The second kappa shape index (κ2) is 4.18. The third-order valence-corrected chi connectivity index (χ3v) is 3.14. The first kappa shape index (κ1) is 12.0. The van der Waals surface area contributed by atoms with Gasteiger partial charge in [0.1, 0.15) is 4.90 Å². The van der Waals surface area contributed by atoms with Gasteiger partial charge < -0.3 is 4.74 Å². The van der Waals surface area contributed by atoms with Crippen molar-refractivity contribution in [2.45, 2.75) is 24.7 Å². The summed E-state index contributed by atoms with van der Waals surface area (Å²) in [6, 6.07) is 3.25. The monoisotopic (exact) mass is 229 g/mol. The van der Waals surface area contributed by atoms with E-state index in [9.17, 15) is 8.42 Å². The highest BCUT2D eigenvalue weighted by Crippen LogP contribution is 2.24. The molecule has 4 nitrogen and oxygen atoms in total. The summed E-state index contributed by atoms with van der Waals surface area (Å²) in [5, 5.41) is 0. The Morgan fingerprint density at radius 1 is 1.33 bits per heavy atom. The van der Waals surface area contributed by atoms with Crippen LogP contribution in [-0.2, 0) is 9.84 Å². The van der Waals surface area contributed by atoms with Crippen molar-refractivity contribution in [2.75, 3.05) is 13.4 Å². The lowest BCUT2D eigenvalue weighted by molar-refractivity contribution is 0.383. The highest BCUT2D eigenvalue weighted by atomic mass is 32.2. The van der Waals surface area contributed by atoms with Gasteiger partial charge >= 0.3 is 0 Å². The number of nitrogens with zero attached hydrogens (tertiary/aromatic N) is 1. The van der Waals surface area contributed by atoms with Crippen LogP contribution in [-0.4, -0.2) is 26.8 Å². The van der Waals surface area contributed by atoms with E-state index in [1.807, 2.05) is 13.8 Å². The summed E-state index contributed by atoms with van der Waals surface area (Å²) < 4.78 is 27.7. The lowest BCUT2D eigenvalue weighted by Crippen LogP contribution is -2.04. The Balaban J connectivity index is 3.34. The number of rotatable bonds is 3. The van der Waals surface area contributed by atoms with Gasteiger partial charge in [-0.05, 0) is 18.1 Å². The van der Waals surface area contributed by atoms with Crippen molar-refractivity contribution < 1.29 is 13.2 Å². The van der Waals surface area contributed by atoms with E-state index in [-0.39, 0.29) is 16.7 Å². The Labute approximate surface area is 90.2 Å². The molecule has 0 radical (unpaired) electrons. The number of hydrogen-bond donors (Lipinski definition) is 0. The van der Waals surface area contributed by atoms with E-state index in [1.165, 1.54) is 13.2 Å². The van der Waals surface area contributed by atoms with E-state index in [4.69, 9.17) is 4.74 Å². The Morgan fingerprint density at radius 2 is 1.93 bits per heavy atom. The van der Waals surface area contributed by atoms with Gasteiger partial charge in [0.05, 0.1) is 7.11 Å². The number of ether oxygens (including phenoxy) is 1. The second-order valence-electron chi connectivity index (χ2n) is 3.67. The molecule has 0 N–H and O–H groups in total. The minimum absolute atomic E-state index is 0.134. The van der Waals surface area contributed by atoms with Crippen molar-refractivity contribution in [3.63, 3.8) is 0 Å². The summed E-state index contributed by atoms with van der Waals surface area (Å²) >= 11 is 0. The minimum atomic E-state index is -3.28. The molecule has 1 heterocycles. The van der Waals surface area contributed by atoms with Crippen molar-refractivity contribution >= 4 is 9.84 Å². The number of methoxy groups -OCH3 is 1. The van der Waals surface area contributed by atoms with E-state index >= 15 is 0 Å². The molecular weight excluding hydrogens is 214 g/mol. The topological polar surface area (TPSA) is 56.3 Å². The summed E-state index contributed by atoms with van der Waals surface area (Å²) in [5.74, 6) is 0.413. The van der Waals surface area contributed by atoms with Crippen molar-refractivity contribution in [3.8, 4) is 5.88 Å². The van der Waals surface area contributed by atoms with Crippen LogP contribution in [0, 0.1) is 0 Å². The van der Waals surface area contributed by atoms with Gasteiger partial charge in [-0.25, -0.2) is 13.4 Å². The SMILES string of the molecule is COc1nc(C(C)C)ccc1S(C)(=O)=O.